The lowest BCUT2D eigenvalue weighted by Crippen LogP contribution is -2.33. The topological polar surface area (TPSA) is 99.2 Å². The molecule has 2 unspecified atom stereocenters. The zero-order valence-corrected chi connectivity index (χ0v) is 18.4. The Bertz CT molecular complexity index is 1210. The van der Waals surface area contributed by atoms with E-state index >= 15 is 0 Å². The lowest BCUT2D eigenvalue weighted by atomic mass is 9.82. The number of benzene rings is 1. The molecular formula is C23H28N4O3S. The van der Waals surface area contributed by atoms with E-state index in [9.17, 15) is 9.00 Å². The number of H-pyrrole nitrogens is 1. The largest absolute Gasteiger partial charge is 0.357 e. The van der Waals surface area contributed by atoms with Crippen LogP contribution in [0.1, 0.15) is 42.9 Å². The van der Waals surface area contributed by atoms with Crippen molar-refractivity contribution in [2.75, 3.05) is 13.1 Å². The van der Waals surface area contributed by atoms with Crippen LogP contribution in [0.25, 0.3) is 22.0 Å². The highest BCUT2D eigenvalue weighted by atomic mass is 32.2. The molecule has 3 heterocycles. The maximum atomic E-state index is 12.6. The van der Waals surface area contributed by atoms with E-state index in [0.717, 1.165) is 35.0 Å². The molecule has 5 rings (SSSR count). The van der Waals surface area contributed by atoms with Gasteiger partial charge in [0.2, 0.25) is 11.3 Å². The Morgan fingerprint density at radius 2 is 2.10 bits per heavy atom. The molecule has 7 nitrogen and oxygen atoms in total. The first-order valence-corrected chi connectivity index (χ1v) is 11.9. The number of hydrogen-bond donors (Lipinski definition) is 4. The molecule has 31 heavy (non-hydrogen) atoms. The number of piperidine rings is 1. The Labute approximate surface area is 183 Å². The summed E-state index contributed by atoms with van der Waals surface area (Å²) in [6.45, 7) is 1.45. The standard InChI is InChI=1S/C23H28N4O3S/c1-27-14-19(17-5-9-25-21(17)22(27)28)18-12-15(4-10-26-31(29)30)2-3-16(18)20-13-23(6-7-23)8-11-24-20/h2-3,5,9,12,14,20,24-26H,4,6-8,10-11,13H2,1H3,(H,29,30). The molecule has 4 N–H and O–H groups in total. The zero-order valence-electron chi connectivity index (χ0n) is 17.6. The van der Waals surface area contributed by atoms with Gasteiger partial charge in [-0.25, -0.2) is 8.93 Å². The highest BCUT2D eigenvalue weighted by molar-refractivity contribution is 7.77. The van der Waals surface area contributed by atoms with Crippen molar-refractivity contribution in [3.05, 3.63) is 58.1 Å². The van der Waals surface area contributed by atoms with Gasteiger partial charge in [-0.3, -0.25) is 9.35 Å². The van der Waals surface area contributed by atoms with Crippen LogP contribution in [-0.2, 0) is 24.7 Å². The van der Waals surface area contributed by atoms with Crippen molar-refractivity contribution in [1.82, 2.24) is 19.6 Å². The second-order valence-corrected chi connectivity index (χ2v) is 9.79. The maximum Gasteiger partial charge on any atom is 0.274 e. The Morgan fingerprint density at radius 3 is 2.87 bits per heavy atom. The van der Waals surface area contributed by atoms with E-state index < -0.39 is 11.3 Å². The molecule has 1 aliphatic heterocycles. The van der Waals surface area contributed by atoms with Crippen LogP contribution >= 0.6 is 0 Å². The summed E-state index contributed by atoms with van der Waals surface area (Å²) in [7, 11) is 1.79. The summed E-state index contributed by atoms with van der Waals surface area (Å²) in [6.07, 6.45) is 9.43. The summed E-state index contributed by atoms with van der Waals surface area (Å²) < 4.78 is 24.1. The first kappa shape index (κ1) is 20.6. The molecule has 0 bridgehead atoms. The molecule has 1 aliphatic carbocycles. The Hall–Kier alpha value is -2.26. The van der Waals surface area contributed by atoms with Crippen molar-refractivity contribution >= 4 is 22.2 Å². The minimum Gasteiger partial charge on any atom is -0.357 e. The van der Waals surface area contributed by atoms with Gasteiger partial charge in [0.25, 0.3) is 5.56 Å². The summed E-state index contributed by atoms with van der Waals surface area (Å²) in [4.78, 5) is 15.7. The predicted octanol–water partition coefficient (Wildman–Crippen LogP) is 3.01. The summed E-state index contributed by atoms with van der Waals surface area (Å²) in [5.74, 6) is 0. The van der Waals surface area contributed by atoms with Gasteiger partial charge in [-0.1, -0.05) is 18.2 Å². The van der Waals surface area contributed by atoms with Gasteiger partial charge in [0.05, 0.1) is 0 Å². The lowest BCUT2D eigenvalue weighted by Gasteiger charge is -2.32. The van der Waals surface area contributed by atoms with Crippen LogP contribution in [0.5, 0.6) is 0 Å². The van der Waals surface area contributed by atoms with E-state index in [0.29, 0.717) is 23.9 Å². The fourth-order valence-electron chi connectivity index (χ4n) is 5.03. The Kier molecular flexibility index (Phi) is 5.34. The van der Waals surface area contributed by atoms with E-state index in [4.69, 9.17) is 4.55 Å². The van der Waals surface area contributed by atoms with Gasteiger partial charge < -0.3 is 14.9 Å². The second-order valence-electron chi connectivity index (χ2n) is 9.00. The highest BCUT2D eigenvalue weighted by Crippen LogP contribution is 2.56. The van der Waals surface area contributed by atoms with Crippen LogP contribution in [0.3, 0.4) is 0 Å². The predicted molar refractivity (Wildman–Crippen MR) is 123 cm³/mol. The molecular weight excluding hydrogens is 412 g/mol. The van der Waals surface area contributed by atoms with Gasteiger partial charge in [0, 0.05) is 43.0 Å². The number of rotatable bonds is 6. The van der Waals surface area contributed by atoms with Crippen molar-refractivity contribution in [2.45, 2.75) is 38.1 Å². The van der Waals surface area contributed by atoms with Crippen LogP contribution in [0, 0.1) is 5.41 Å². The molecule has 1 aromatic carbocycles. The Morgan fingerprint density at radius 1 is 1.26 bits per heavy atom. The molecule has 1 saturated carbocycles. The van der Waals surface area contributed by atoms with Gasteiger partial charge in [0.1, 0.15) is 5.52 Å². The monoisotopic (exact) mass is 440 g/mol. The van der Waals surface area contributed by atoms with Crippen molar-refractivity contribution in [3.8, 4) is 11.1 Å². The number of aryl methyl sites for hydroxylation is 1. The highest BCUT2D eigenvalue weighted by Gasteiger charge is 2.46. The van der Waals surface area contributed by atoms with Crippen LogP contribution in [0.2, 0.25) is 0 Å². The number of pyridine rings is 1. The molecule has 8 heteroatoms. The molecule has 1 saturated heterocycles. The SMILES string of the molecule is Cn1cc(-c2cc(CCNS(=O)O)ccc2C2CC3(CCN2)CC3)c2cc[nH]c2c1=O. The number of fused-ring (bicyclic) bond motifs is 1. The molecule has 0 radical (unpaired) electrons. The number of hydrogen-bond acceptors (Lipinski definition) is 3. The molecule has 0 amide bonds. The Balaban J connectivity index is 1.61. The number of nitrogens with one attached hydrogen (secondary N) is 3. The summed E-state index contributed by atoms with van der Waals surface area (Å²) in [6, 6.07) is 8.75. The van der Waals surface area contributed by atoms with E-state index in [1.807, 2.05) is 18.5 Å². The van der Waals surface area contributed by atoms with Crippen LogP contribution < -0.4 is 15.6 Å². The molecule has 3 aromatic rings. The summed E-state index contributed by atoms with van der Waals surface area (Å²) in [5, 5.41) is 4.65. The van der Waals surface area contributed by atoms with E-state index in [1.165, 1.54) is 24.8 Å². The molecule has 2 aromatic heterocycles. The first-order valence-electron chi connectivity index (χ1n) is 10.8. The fourth-order valence-corrected chi connectivity index (χ4v) is 5.31. The van der Waals surface area contributed by atoms with Crippen molar-refractivity contribution in [2.24, 2.45) is 12.5 Å². The van der Waals surface area contributed by atoms with Crippen LogP contribution in [0.15, 0.2) is 41.5 Å². The summed E-state index contributed by atoms with van der Waals surface area (Å²) in [5.41, 5.74) is 5.59. The van der Waals surface area contributed by atoms with Crippen molar-refractivity contribution in [1.29, 1.82) is 0 Å². The number of aromatic nitrogens is 2. The minimum absolute atomic E-state index is 0.0381. The van der Waals surface area contributed by atoms with E-state index in [-0.39, 0.29) is 11.6 Å². The third kappa shape index (κ3) is 4.01. The lowest BCUT2D eigenvalue weighted by molar-refractivity contribution is 0.286. The maximum absolute atomic E-state index is 12.6. The minimum atomic E-state index is -2.01. The van der Waals surface area contributed by atoms with Gasteiger partial charge in [-0.15, -0.1) is 0 Å². The first-order chi connectivity index (χ1) is 15.0. The van der Waals surface area contributed by atoms with Crippen molar-refractivity contribution < 1.29 is 8.76 Å². The average molecular weight is 441 g/mol. The number of nitrogens with zero attached hydrogens (tertiary/aromatic N) is 1. The second kappa shape index (κ2) is 8.02. The molecule has 2 atom stereocenters. The average Bonchev–Trinajstić information content (AvgIpc) is 3.30. The zero-order chi connectivity index (χ0) is 21.6. The van der Waals surface area contributed by atoms with Crippen LogP contribution in [-0.4, -0.2) is 31.4 Å². The van der Waals surface area contributed by atoms with Crippen molar-refractivity contribution in [3.63, 3.8) is 0 Å². The van der Waals surface area contributed by atoms with Gasteiger partial charge in [-0.05, 0) is 66.8 Å². The molecule has 2 aliphatic rings. The quantitative estimate of drug-likeness (QED) is 0.443. The molecule has 1 spiro atoms. The number of aromatic amines is 1. The fraction of sp³-hybridized carbons (Fsp3) is 0.435. The normalized spacial score (nSPS) is 20.9. The molecule has 2 fully saturated rings. The van der Waals surface area contributed by atoms with E-state index in [2.05, 4.69) is 33.2 Å². The van der Waals surface area contributed by atoms with Gasteiger partial charge in [0.15, 0.2) is 0 Å². The summed E-state index contributed by atoms with van der Waals surface area (Å²) >= 11 is -2.01. The molecule has 164 valence electrons. The smallest absolute Gasteiger partial charge is 0.274 e. The van der Waals surface area contributed by atoms with Crippen LogP contribution in [0.4, 0.5) is 0 Å². The third-order valence-electron chi connectivity index (χ3n) is 6.96. The van der Waals surface area contributed by atoms with E-state index in [1.54, 1.807) is 11.6 Å². The van der Waals surface area contributed by atoms with Gasteiger partial charge in [-0.2, -0.15) is 0 Å². The van der Waals surface area contributed by atoms with Gasteiger partial charge >= 0.3 is 0 Å². The third-order valence-corrected chi connectivity index (χ3v) is 7.41.